The Morgan fingerprint density at radius 2 is 0.893 bits per heavy atom. The normalized spacial score (nSPS) is 20.3. The van der Waals surface area contributed by atoms with Crippen molar-refractivity contribution in [3.05, 3.63) is 221 Å². The van der Waals surface area contributed by atoms with E-state index in [-0.39, 0.29) is 146 Å². The molecular weight excluding hydrogens is 1770 g/mol. The largest absolute Gasteiger partial charge is 0.377 e. The van der Waals surface area contributed by atoms with Crippen LogP contribution in [0.5, 0.6) is 0 Å². The van der Waals surface area contributed by atoms with Gasteiger partial charge in [-0.3, -0.25) is 28.0 Å². The van der Waals surface area contributed by atoms with Crippen molar-refractivity contribution >= 4 is 131 Å². The highest BCUT2D eigenvalue weighted by molar-refractivity contribution is 7.92. The number of aromatic nitrogens is 8. The van der Waals surface area contributed by atoms with Gasteiger partial charge in [-0.05, 0) is 148 Å². The molecule has 0 spiro atoms. The molecule has 8 unspecified atom stereocenters. The molecular formula is C95H92F3N17O11S5. The zero-order valence-corrected chi connectivity index (χ0v) is 75.3. The Labute approximate surface area is 764 Å². The molecule has 8 saturated heterocycles. The maximum Gasteiger partial charge on any atom is 0.224 e. The van der Waals surface area contributed by atoms with E-state index in [9.17, 15) is 57.6 Å². The van der Waals surface area contributed by atoms with Crippen molar-refractivity contribution < 1.29 is 62.3 Å². The number of ether oxygens (including phenoxy) is 1. The summed E-state index contributed by atoms with van der Waals surface area (Å²) in [6.07, 6.45) is 37.4. The number of fused-ring (bicyclic) bond motifs is 12. The van der Waals surface area contributed by atoms with Crippen molar-refractivity contribution in [3.63, 3.8) is 0 Å². The molecule has 36 heteroatoms. The first-order valence-corrected chi connectivity index (χ1v) is 49.8. The number of morpholine rings is 1. The second-order valence-electron chi connectivity index (χ2n) is 33.4. The van der Waals surface area contributed by atoms with Crippen LogP contribution in [0.4, 0.5) is 36.2 Å². The number of nitrogens with zero attached hydrogens (tertiary/aromatic N) is 16. The Kier molecular flexibility index (Phi) is 26.7. The summed E-state index contributed by atoms with van der Waals surface area (Å²) in [6.45, 7) is 6.32. The fourth-order valence-corrected chi connectivity index (χ4v) is 25.7. The number of terminal acetylenes is 4. The van der Waals surface area contributed by atoms with Crippen molar-refractivity contribution in [1.29, 1.82) is 0 Å². The van der Waals surface area contributed by atoms with E-state index in [1.165, 1.54) is 51.3 Å². The number of benzene rings is 4. The predicted octanol–water partition coefficient (Wildman–Crippen LogP) is 10.1. The summed E-state index contributed by atoms with van der Waals surface area (Å²) in [5, 5.41) is 3.32. The van der Waals surface area contributed by atoms with Gasteiger partial charge in [-0.25, -0.2) is 68.3 Å². The molecule has 8 aromatic heterocycles. The molecule has 28 nitrogen and oxygen atoms in total. The van der Waals surface area contributed by atoms with Gasteiger partial charge in [0.1, 0.15) is 45.4 Å². The number of anilines is 4. The summed E-state index contributed by atoms with van der Waals surface area (Å²) >= 11 is 2.60. The first-order valence-electron chi connectivity index (χ1n) is 43.1. The van der Waals surface area contributed by atoms with Gasteiger partial charge >= 0.3 is 0 Å². The zero-order chi connectivity index (χ0) is 91.4. The highest BCUT2D eigenvalue weighted by Crippen LogP contribution is 2.40. The van der Waals surface area contributed by atoms with Crippen molar-refractivity contribution in [3.8, 4) is 49.4 Å². The lowest BCUT2D eigenvalue weighted by molar-refractivity contribution is -0.134. The summed E-state index contributed by atoms with van der Waals surface area (Å²) in [5.41, 5.74) is 10.0. The van der Waals surface area contributed by atoms with Gasteiger partial charge in [0.25, 0.3) is 0 Å². The van der Waals surface area contributed by atoms with Crippen LogP contribution in [0.15, 0.2) is 190 Å². The molecule has 8 aliphatic heterocycles. The Morgan fingerprint density at radius 3 is 1.39 bits per heavy atom. The van der Waals surface area contributed by atoms with Gasteiger partial charge in [0, 0.05) is 187 Å². The average molecular weight is 1870 g/mol. The quantitative estimate of drug-likeness (QED) is 0.0516. The molecule has 131 heavy (non-hydrogen) atoms. The molecule has 8 bridgehead atoms. The summed E-state index contributed by atoms with van der Waals surface area (Å²) in [6, 6.07) is 36.0. The summed E-state index contributed by atoms with van der Waals surface area (Å²) in [4.78, 5) is 94.2. The fraction of sp³-hybridized carbons (Fsp3) is 0.347. The molecule has 0 radical (unpaired) electrons. The number of nitrogens with one attached hydrogen (secondary N) is 1. The van der Waals surface area contributed by atoms with E-state index >= 15 is 0 Å². The number of likely N-dealkylation sites (tertiary alicyclic amines) is 2. The number of pyridine rings is 4. The maximum atomic E-state index is 14.2. The minimum Gasteiger partial charge on any atom is -0.377 e. The van der Waals surface area contributed by atoms with Crippen molar-refractivity contribution in [2.45, 2.75) is 134 Å². The van der Waals surface area contributed by atoms with Crippen LogP contribution in [0, 0.1) is 66.8 Å². The number of piperazine rings is 4. The fourth-order valence-electron chi connectivity index (χ4n) is 19.2. The Balaban J connectivity index is 0.000000122. The van der Waals surface area contributed by atoms with E-state index in [0.717, 1.165) is 67.1 Å². The maximum absolute atomic E-state index is 14.2. The van der Waals surface area contributed by atoms with Gasteiger partial charge in [0.05, 0.1) is 101 Å². The Hall–Kier alpha value is -12.8. The van der Waals surface area contributed by atoms with E-state index < -0.39 is 35.3 Å². The van der Waals surface area contributed by atoms with Gasteiger partial charge in [0.15, 0.2) is 29.5 Å². The van der Waals surface area contributed by atoms with E-state index in [4.69, 9.17) is 30.4 Å². The Bertz CT molecular complexity index is 6840. The van der Waals surface area contributed by atoms with Crippen molar-refractivity contribution in [2.75, 3.05) is 109 Å². The number of hydrogen-bond donors (Lipinski definition) is 1. The van der Waals surface area contributed by atoms with E-state index in [2.05, 4.69) is 78.5 Å². The predicted molar refractivity (Wildman–Crippen MR) is 494 cm³/mol. The SMILES string of the molecule is C#Cc1cc(N2C3CCC2CN(C(=O)CCNCc2c(F)ccc4nccn24)C3)ccc1F.C#Cc1cc(N2C3CCC2CN(C(=O)CCS(=O)(=O)c2cccc4nccn24)C3)ccc1F.C#Cc1ccc(N2C3COCC2CN(C(=O)CCS(=O)(=O)c2cccc4ncsc24)C3)nc1.C#Cc1ccc(N2CC3CCC(C2)N3C(=O)CCS(=O)(=O)c2cccc3ncsc23)nc1. The number of carbonyl (C=O) groups excluding carboxylic acids is 4. The number of hydrogen-bond acceptors (Lipinski definition) is 24. The highest BCUT2D eigenvalue weighted by Gasteiger charge is 2.47. The van der Waals surface area contributed by atoms with Gasteiger partial charge in [-0.15, -0.1) is 48.4 Å². The van der Waals surface area contributed by atoms with Crippen LogP contribution < -0.4 is 24.9 Å². The molecule has 4 aromatic carbocycles. The van der Waals surface area contributed by atoms with E-state index in [1.807, 2.05) is 34.1 Å². The second kappa shape index (κ2) is 38.7. The molecule has 674 valence electrons. The number of halogens is 3. The third-order valence-electron chi connectivity index (χ3n) is 25.5. The monoisotopic (exact) mass is 1860 g/mol. The molecule has 4 amide bonds. The highest BCUT2D eigenvalue weighted by atomic mass is 32.2. The van der Waals surface area contributed by atoms with Crippen molar-refractivity contribution in [1.82, 2.24) is 63.6 Å². The van der Waals surface area contributed by atoms with Gasteiger partial charge in [0.2, 0.25) is 23.6 Å². The minimum atomic E-state index is -3.66. The van der Waals surface area contributed by atoms with Crippen LogP contribution in [0.1, 0.15) is 92.2 Å². The smallest absolute Gasteiger partial charge is 0.224 e. The zero-order valence-electron chi connectivity index (χ0n) is 71.2. The molecule has 8 aliphatic rings. The molecule has 0 saturated carbocycles. The molecule has 0 aliphatic carbocycles. The average Bonchev–Trinajstić information content (AvgIpc) is 1.13. The molecule has 20 rings (SSSR count). The topological polar surface area (TPSA) is 304 Å². The van der Waals surface area contributed by atoms with E-state index in [0.29, 0.717) is 128 Å². The number of sulfone groups is 3. The van der Waals surface area contributed by atoms with Gasteiger partial charge in [-0.1, -0.05) is 41.9 Å². The third kappa shape index (κ3) is 19.3. The number of amides is 4. The lowest BCUT2D eigenvalue weighted by Crippen LogP contribution is -2.66. The minimum absolute atomic E-state index is 0.0142. The van der Waals surface area contributed by atoms with Crippen LogP contribution >= 0.6 is 22.7 Å². The van der Waals surface area contributed by atoms with Gasteiger partial charge < -0.3 is 49.3 Å². The lowest BCUT2D eigenvalue weighted by atomic mass is 10.0. The Morgan fingerprint density at radius 1 is 0.443 bits per heavy atom. The summed E-state index contributed by atoms with van der Waals surface area (Å²) in [7, 11) is -10.8. The van der Waals surface area contributed by atoms with Crippen LogP contribution in [0.25, 0.3) is 31.7 Å². The standard InChI is InChI=1S/C25H25F2N5O.C24H23FN4O3S.C23H22N4O4S2.C23H22N4O3S2/c1-2-17-13-18(5-6-21(17)26)32-19-3-4-20(32)16-30(15-19)25(33)9-10-28-14-23-22(27)7-8-24-29-11-12-31(23)24;1-2-17-14-18(8-9-21(17)25)29-19-6-7-20(29)16-27(15-19)23(30)10-13-33(31,32)24-5-3-4-22-26-11-12-28(22)24;1-2-16-6-7-21(24-10-16)27-17-11-26(12-18(27)14-31-13-17)22(28)8-9-33(29,30)20-5-3-4-19-23(20)32-15-25-19;1-2-16-6-9-21(24-12-16)26-13-17-7-8-18(14-26)27(17)22(28)10-11-32(29,30)20-5-3-4-19-23(20)31-15-25-19/h1,5-8,11-13,19-20,28H,3-4,9-10,14-16H2;1,3-5,8-9,11-12,14,19-20H,6-7,10,13,15-16H2;1,3-7,10,15,17-18H,8-9,11-14H2;1,3-6,9,12,15,17-18H,7-8,10-11,13-14H2. The molecule has 8 atom stereocenters. The van der Waals surface area contributed by atoms with Crippen LogP contribution in [-0.2, 0) is 60.0 Å². The third-order valence-corrected chi connectivity index (χ3v) is 32.7. The molecule has 1 N–H and O–H groups in total. The number of rotatable bonds is 21. The summed E-state index contributed by atoms with van der Waals surface area (Å²) in [5.74, 6) is 9.43. The first kappa shape index (κ1) is 90.2. The molecule has 12 aromatic rings. The van der Waals surface area contributed by atoms with Crippen LogP contribution in [0.3, 0.4) is 0 Å². The number of imidazole rings is 2. The van der Waals surface area contributed by atoms with Gasteiger partial charge in [-0.2, -0.15) is 0 Å². The van der Waals surface area contributed by atoms with E-state index in [1.54, 1.807) is 141 Å². The lowest BCUT2D eigenvalue weighted by Gasteiger charge is -2.50. The number of thiazole rings is 2. The molecule has 8 fully saturated rings. The summed E-state index contributed by atoms with van der Waals surface area (Å²) < 4.78 is 130. The first-order chi connectivity index (χ1) is 63.3. The van der Waals surface area contributed by atoms with Crippen LogP contribution in [-0.4, -0.2) is 245 Å². The number of carbonyl (C=O) groups is 4. The second-order valence-corrected chi connectivity index (χ2v) is 41.3. The molecule has 16 heterocycles. The van der Waals surface area contributed by atoms with Crippen LogP contribution in [0.2, 0.25) is 0 Å². The van der Waals surface area contributed by atoms with Crippen molar-refractivity contribution in [2.24, 2.45) is 0 Å².